The van der Waals surface area contributed by atoms with Crippen molar-refractivity contribution < 1.29 is 18.8 Å². The van der Waals surface area contributed by atoms with E-state index in [9.17, 15) is 14.4 Å². The van der Waals surface area contributed by atoms with E-state index in [1.165, 1.54) is 0 Å². The minimum absolute atomic E-state index is 0.0659. The Labute approximate surface area is 208 Å². The minimum atomic E-state index is -0.607. The number of halogens is 2. The third-order valence-electron chi connectivity index (χ3n) is 5.35. The van der Waals surface area contributed by atoms with Gasteiger partial charge in [-0.05, 0) is 60.0 Å². The van der Waals surface area contributed by atoms with Crippen molar-refractivity contribution in [3.63, 3.8) is 0 Å². The van der Waals surface area contributed by atoms with E-state index in [1.807, 2.05) is 6.07 Å². The van der Waals surface area contributed by atoms with Crippen LogP contribution in [0.25, 0.3) is 0 Å². The molecule has 2 aromatic carbocycles. The smallest absolute Gasteiger partial charge is 0.305 e. The normalized spacial score (nSPS) is 13.8. The first-order valence-electron chi connectivity index (χ1n) is 10.5. The molecular formula is C24H20BrClN4O4. The Bertz CT molecular complexity index is 1320. The molecule has 0 unspecified atom stereocenters. The van der Waals surface area contributed by atoms with Crippen molar-refractivity contribution in [1.29, 1.82) is 0 Å². The zero-order valence-corrected chi connectivity index (χ0v) is 20.4. The second-order valence-electron chi connectivity index (χ2n) is 7.58. The van der Waals surface area contributed by atoms with Gasteiger partial charge >= 0.3 is 5.91 Å². The number of nitrogens with zero attached hydrogens (tertiary/aromatic N) is 1. The van der Waals surface area contributed by atoms with E-state index in [4.69, 9.17) is 16.0 Å². The summed E-state index contributed by atoms with van der Waals surface area (Å²) in [5.41, 5.74) is 9.88. The molecule has 0 saturated heterocycles. The predicted molar refractivity (Wildman–Crippen MR) is 131 cm³/mol. The van der Waals surface area contributed by atoms with Gasteiger partial charge in [0.25, 0.3) is 11.8 Å². The number of hydrazone groups is 1. The third kappa shape index (κ3) is 4.90. The fourth-order valence-electron chi connectivity index (χ4n) is 3.70. The first kappa shape index (κ1) is 23.7. The highest BCUT2D eigenvalue weighted by atomic mass is 79.9. The maximum absolute atomic E-state index is 12.7. The number of furan rings is 1. The molecule has 174 valence electrons. The second kappa shape index (κ2) is 10.2. The molecule has 3 amide bonds. The van der Waals surface area contributed by atoms with Crippen LogP contribution < -0.4 is 16.3 Å². The Morgan fingerprint density at radius 1 is 0.941 bits per heavy atom. The summed E-state index contributed by atoms with van der Waals surface area (Å²) in [7, 11) is 0. The fraction of sp³-hybridized carbons (Fsp3) is 0.167. The van der Waals surface area contributed by atoms with Crippen molar-refractivity contribution in [3.05, 3.63) is 91.8 Å². The zero-order valence-electron chi connectivity index (χ0n) is 18.1. The van der Waals surface area contributed by atoms with Gasteiger partial charge in [0.2, 0.25) is 0 Å². The molecule has 0 radical (unpaired) electrons. The van der Waals surface area contributed by atoms with E-state index in [2.05, 4.69) is 37.3 Å². The monoisotopic (exact) mass is 542 g/mol. The molecule has 10 heteroatoms. The average molecular weight is 544 g/mol. The Kier molecular flexibility index (Phi) is 7.14. The second-order valence-corrected chi connectivity index (χ2v) is 8.84. The van der Waals surface area contributed by atoms with Crippen LogP contribution in [0.2, 0.25) is 5.02 Å². The number of hydrogen-bond donors (Lipinski definition) is 3. The van der Waals surface area contributed by atoms with Gasteiger partial charge in [-0.1, -0.05) is 35.9 Å². The summed E-state index contributed by atoms with van der Waals surface area (Å²) in [4.78, 5) is 37.6. The molecule has 1 aliphatic carbocycles. The quantitative estimate of drug-likeness (QED) is 0.419. The highest BCUT2D eigenvalue weighted by Gasteiger charge is 2.28. The number of benzene rings is 2. The lowest BCUT2D eigenvalue weighted by atomic mass is 9.93. The fourth-order valence-corrected chi connectivity index (χ4v) is 4.39. The van der Waals surface area contributed by atoms with E-state index in [-0.39, 0.29) is 22.3 Å². The molecule has 3 N–H and O–H groups in total. The number of fused-ring (bicyclic) bond motifs is 1. The Balaban J connectivity index is 1.50. The van der Waals surface area contributed by atoms with Crippen LogP contribution in [0, 0.1) is 6.92 Å². The molecule has 1 aliphatic rings. The van der Waals surface area contributed by atoms with Crippen molar-refractivity contribution in [3.8, 4) is 0 Å². The van der Waals surface area contributed by atoms with Crippen molar-refractivity contribution in [1.82, 2.24) is 16.3 Å². The molecule has 4 rings (SSSR count). The van der Waals surface area contributed by atoms with E-state index < -0.39 is 11.8 Å². The number of hydrogen-bond acceptors (Lipinski definition) is 5. The van der Waals surface area contributed by atoms with Gasteiger partial charge in [0.1, 0.15) is 5.76 Å². The van der Waals surface area contributed by atoms with Gasteiger partial charge in [0, 0.05) is 22.0 Å². The van der Waals surface area contributed by atoms with Gasteiger partial charge in [0.15, 0.2) is 5.76 Å². The lowest BCUT2D eigenvalue weighted by Crippen LogP contribution is -2.41. The molecule has 0 aliphatic heterocycles. The van der Waals surface area contributed by atoms with Gasteiger partial charge in [-0.15, -0.1) is 0 Å². The van der Waals surface area contributed by atoms with E-state index >= 15 is 0 Å². The topological polar surface area (TPSA) is 113 Å². The van der Waals surface area contributed by atoms with Crippen LogP contribution in [0.1, 0.15) is 61.0 Å². The molecule has 0 saturated carbocycles. The van der Waals surface area contributed by atoms with Crippen molar-refractivity contribution in [2.24, 2.45) is 5.10 Å². The van der Waals surface area contributed by atoms with Crippen molar-refractivity contribution in [2.45, 2.75) is 26.2 Å². The summed E-state index contributed by atoms with van der Waals surface area (Å²) >= 11 is 9.38. The number of rotatable bonds is 4. The van der Waals surface area contributed by atoms with Crippen LogP contribution in [-0.2, 0) is 6.42 Å². The number of aryl methyl sites for hydroxylation is 1. The third-order valence-corrected chi connectivity index (χ3v) is 6.37. The van der Waals surface area contributed by atoms with Gasteiger partial charge in [-0.25, -0.2) is 5.43 Å². The Morgan fingerprint density at radius 2 is 1.62 bits per heavy atom. The summed E-state index contributed by atoms with van der Waals surface area (Å²) in [6, 6.07) is 13.5. The number of nitrogens with one attached hydrogen (secondary N) is 3. The first-order chi connectivity index (χ1) is 16.4. The lowest BCUT2D eigenvalue weighted by Gasteiger charge is -2.13. The van der Waals surface area contributed by atoms with E-state index in [1.54, 1.807) is 49.4 Å². The molecule has 34 heavy (non-hydrogen) atoms. The summed E-state index contributed by atoms with van der Waals surface area (Å²) in [6.45, 7) is 1.74. The van der Waals surface area contributed by atoms with Crippen LogP contribution in [0.3, 0.4) is 0 Å². The molecule has 3 aromatic rings. The van der Waals surface area contributed by atoms with Crippen LogP contribution >= 0.6 is 27.5 Å². The highest BCUT2D eigenvalue weighted by Crippen LogP contribution is 2.30. The number of amides is 3. The maximum atomic E-state index is 12.7. The van der Waals surface area contributed by atoms with E-state index in [0.717, 1.165) is 6.42 Å². The molecule has 0 atom stereocenters. The maximum Gasteiger partial charge on any atom is 0.305 e. The molecule has 0 spiro atoms. The summed E-state index contributed by atoms with van der Waals surface area (Å²) in [5.74, 6) is -0.834. The van der Waals surface area contributed by atoms with Gasteiger partial charge < -0.3 is 4.42 Å². The SMILES string of the molecule is Cc1c(C(=O)NNC(=O)c2ccccc2Cl)oc2c1/C(=N/NC(=O)c1ccccc1Br)CCC2. The molecule has 0 bridgehead atoms. The highest BCUT2D eigenvalue weighted by molar-refractivity contribution is 9.10. The molecular weight excluding hydrogens is 524 g/mol. The summed E-state index contributed by atoms with van der Waals surface area (Å²) in [6.07, 6.45) is 2.01. The molecule has 0 fully saturated rings. The minimum Gasteiger partial charge on any atom is -0.455 e. The average Bonchev–Trinajstić information content (AvgIpc) is 3.18. The van der Waals surface area contributed by atoms with Crippen LogP contribution in [0.15, 0.2) is 62.5 Å². The number of carbonyl (C=O) groups excluding carboxylic acids is 3. The summed E-state index contributed by atoms with van der Waals surface area (Å²) in [5, 5.41) is 4.59. The standard InChI is InChI=1S/C24H20BrClN4O4/c1-13-20-18(27-28-22(31)14-7-2-4-9-16(14)25)11-6-12-19(20)34-21(13)24(33)30-29-23(32)15-8-3-5-10-17(15)26/h2-5,7-10H,6,11-12H2,1H3,(H,28,31)(H,29,32)(H,30,33)/b27-18+. The lowest BCUT2D eigenvalue weighted by molar-refractivity contribution is 0.0829. The van der Waals surface area contributed by atoms with Crippen LogP contribution in [-0.4, -0.2) is 23.4 Å². The zero-order chi connectivity index (χ0) is 24.2. The molecule has 1 heterocycles. The van der Waals surface area contributed by atoms with Gasteiger partial charge in [0.05, 0.1) is 21.9 Å². The van der Waals surface area contributed by atoms with Crippen molar-refractivity contribution in [2.75, 3.05) is 0 Å². The molecule has 1 aromatic heterocycles. The van der Waals surface area contributed by atoms with Crippen LogP contribution in [0.4, 0.5) is 0 Å². The molecule has 8 nitrogen and oxygen atoms in total. The largest absolute Gasteiger partial charge is 0.455 e. The van der Waals surface area contributed by atoms with Crippen LogP contribution in [0.5, 0.6) is 0 Å². The Morgan fingerprint density at radius 3 is 2.35 bits per heavy atom. The number of hydrazine groups is 1. The summed E-state index contributed by atoms with van der Waals surface area (Å²) < 4.78 is 6.47. The van der Waals surface area contributed by atoms with Crippen molar-refractivity contribution >= 4 is 51.0 Å². The van der Waals surface area contributed by atoms with Gasteiger partial charge in [-0.3, -0.25) is 25.2 Å². The Hall–Kier alpha value is -3.43. The number of carbonyl (C=O) groups is 3. The van der Waals surface area contributed by atoms with E-state index in [0.29, 0.717) is 45.5 Å². The predicted octanol–water partition coefficient (Wildman–Crippen LogP) is 4.55. The van der Waals surface area contributed by atoms with Gasteiger partial charge in [-0.2, -0.15) is 5.10 Å². The first-order valence-corrected chi connectivity index (χ1v) is 11.6.